The number of carbonyl (C=O) groups excluding carboxylic acids is 1. The van der Waals surface area contributed by atoms with Crippen molar-refractivity contribution in [2.75, 3.05) is 19.7 Å². The number of rotatable bonds is 5. The lowest BCUT2D eigenvalue weighted by Crippen LogP contribution is -2.47. The fraction of sp³-hybridized carbons (Fsp3) is 0.412. The molecule has 2 amide bonds. The first kappa shape index (κ1) is 16.6. The maximum absolute atomic E-state index is 12.4. The van der Waals surface area contributed by atoms with Crippen molar-refractivity contribution in [3.05, 3.63) is 40.3 Å². The number of benzene rings is 1. The van der Waals surface area contributed by atoms with E-state index in [2.05, 4.69) is 10.3 Å². The quantitative estimate of drug-likeness (QED) is 0.903. The second kappa shape index (κ2) is 7.53. The third-order valence-corrected chi connectivity index (χ3v) is 4.68. The monoisotopic (exact) mass is 347 g/mol. The van der Waals surface area contributed by atoms with Crippen molar-refractivity contribution in [3.8, 4) is 11.5 Å². The maximum Gasteiger partial charge on any atom is 0.317 e. The standard InChI is InChI=1S/C17H21N3O3S/c1-3-20(17(21)18-8-16-19-12(2)11-24-16)9-13-10-22-14-6-4-5-7-15(14)23-13/h4-7,11,13H,3,8-10H2,1-2H3,(H,18,21). The summed E-state index contributed by atoms with van der Waals surface area (Å²) in [5.41, 5.74) is 0.975. The van der Waals surface area contributed by atoms with E-state index < -0.39 is 0 Å². The average molecular weight is 347 g/mol. The van der Waals surface area contributed by atoms with Gasteiger partial charge in [0.25, 0.3) is 0 Å². The van der Waals surface area contributed by atoms with E-state index in [4.69, 9.17) is 9.47 Å². The van der Waals surface area contributed by atoms with Crippen molar-refractivity contribution in [1.29, 1.82) is 0 Å². The predicted molar refractivity (Wildman–Crippen MR) is 92.7 cm³/mol. The summed E-state index contributed by atoms with van der Waals surface area (Å²) in [7, 11) is 0. The van der Waals surface area contributed by atoms with Crippen molar-refractivity contribution in [2.45, 2.75) is 26.5 Å². The Morgan fingerprint density at radius 2 is 2.21 bits per heavy atom. The minimum Gasteiger partial charge on any atom is -0.486 e. The van der Waals surface area contributed by atoms with E-state index in [0.717, 1.165) is 22.2 Å². The number of likely N-dealkylation sites (N-methyl/N-ethyl adjacent to an activating group) is 1. The number of hydrogen-bond donors (Lipinski definition) is 1. The van der Waals surface area contributed by atoms with Crippen LogP contribution in [0.15, 0.2) is 29.6 Å². The van der Waals surface area contributed by atoms with Crippen LogP contribution >= 0.6 is 11.3 Å². The number of amides is 2. The van der Waals surface area contributed by atoms with E-state index in [1.54, 1.807) is 16.2 Å². The number of nitrogens with one attached hydrogen (secondary N) is 1. The molecule has 2 heterocycles. The smallest absolute Gasteiger partial charge is 0.317 e. The molecule has 1 N–H and O–H groups in total. The van der Waals surface area contributed by atoms with E-state index in [1.807, 2.05) is 43.5 Å². The molecule has 128 valence electrons. The first-order valence-electron chi connectivity index (χ1n) is 7.98. The number of ether oxygens (including phenoxy) is 2. The molecule has 24 heavy (non-hydrogen) atoms. The van der Waals surface area contributed by atoms with Gasteiger partial charge in [-0.2, -0.15) is 0 Å². The summed E-state index contributed by atoms with van der Waals surface area (Å²) in [6, 6.07) is 7.46. The number of nitrogens with zero attached hydrogens (tertiary/aromatic N) is 2. The molecule has 0 fully saturated rings. The van der Waals surface area contributed by atoms with Crippen LogP contribution in [0.1, 0.15) is 17.6 Å². The van der Waals surface area contributed by atoms with Gasteiger partial charge in [-0.25, -0.2) is 9.78 Å². The van der Waals surface area contributed by atoms with Gasteiger partial charge in [0, 0.05) is 17.6 Å². The predicted octanol–water partition coefficient (Wildman–Crippen LogP) is 2.82. The zero-order valence-electron chi connectivity index (χ0n) is 13.8. The molecule has 0 bridgehead atoms. The summed E-state index contributed by atoms with van der Waals surface area (Å²) in [5.74, 6) is 1.48. The Labute approximate surface area is 145 Å². The second-order valence-corrected chi connectivity index (χ2v) is 6.52. The number of thiazole rings is 1. The van der Waals surface area contributed by atoms with E-state index in [1.165, 1.54) is 0 Å². The highest BCUT2D eigenvalue weighted by molar-refractivity contribution is 7.09. The first-order chi connectivity index (χ1) is 11.7. The zero-order chi connectivity index (χ0) is 16.9. The first-order valence-corrected chi connectivity index (χ1v) is 8.86. The number of fused-ring (bicyclic) bond motifs is 1. The molecule has 3 rings (SSSR count). The highest BCUT2D eigenvalue weighted by atomic mass is 32.1. The zero-order valence-corrected chi connectivity index (χ0v) is 14.6. The van der Waals surface area contributed by atoms with Gasteiger partial charge < -0.3 is 19.7 Å². The molecule has 6 nitrogen and oxygen atoms in total. The van der Waals surface area contributed by atoms with Gasteiger partial charge in [-0.05, 0) is 26.0 Å². The Morgan fingerprint density at radius 3 is 2.92 bits per heavy atom. The van der Waals surface area contributed by atoms with Gasteiger partial charge in [-0.3, -0.25) is 0 Å². The van der Waals surface area contributed by atoms with Crippen LogP contribution in [0.5, 0.6) is 11.5 Å². The highest BCUT2D eigenvalue weighted by Gasteiger charge is 2.24. The molecule has 7 heteroatoms. The molecule has 1 aliphatic rings. The summed E-state index contributed by atoms with van der Waals surface area (Å²) in [6.07, 6.45) is -0.173. The van der Waals surface area contributed by atoms with Gasteiger partial charge in [-0.1, -0.05) is 12.1 Å². The molecular formula is C17H21N3O3S. The van der Waals surface area contributed by atoms with Crippen LogP contribution in [0.4, 0.5) is 4.79 Å². The van der Waals surface area contributed by atoms with E-state index in [0.29, 0.717) is 26.2 Å². The molecule has 0 radical (unpaired) electrons. The van der Waals surface area contributed by atoms with Crippen LogP contribution in [-0.4, -0.2) is 41.7 Å². The Kier molecular flexibility index (Phi) is 5.20. The average Bonchev–Trinajstić information content (AvgIpc) is 3.02. The summed E-state index contributed by atoms with van der Waals surface area (Å²) < 4.78 is 11.6. The Hall–Kier alpha value is -2.28. The maximum atomic E-state index is 12.4. The highest BCUT2D eigenvalue weighted by Crippen LogP contribution is 2.30. The fourth-order valence-electron chi connectivity index (χ4n) is 2.50. The van der Waals surface area contributed by atoms with Crippen LogP contribution in [-0.2, 0) is 6.54 Å². The van der Waals surface area contributed by atoms with Gasteiger partial charge in [0.1, 0.15) is 11.6 Å². The Morgan fingerprint density at radius 1 is 1.42 bits per heavy atom. The molecule has 1 aliphatic heterocycles. The summed E-state index contributed by atoms with van der Waals surface area (Å²) >= 11 is 1.55. The lowest BCUT2D eigenvalue weighted by atomic mass is 10.2. The summed E-state index contributed by atoms with van der Waals surface area (Å²) in [4.78, 5) is 18.4. The van der Waals surface area contributed by atoms with Crippen molar-refractivity contribution >= 4 is 17.4 Å². The fourth-order valence-corrected chi connectivity index (χ4v) is 3.21. The number of urea groups is 1. The number of hydrogen-bond acceptors (Lipinski definition) is 5. The molecule has 0 saturated carbocycles. The van der Waals surface area contributed by atoms with Gasteiger partial charge in [0.05, 0.1) is 13.1 Å². The van der Waals surface area contributed by atoms with Crippen molar-refractivity contribution in [3.63, 3.8) is 0 Å². The van der Waals surface area contributed by atoms with Gasteiger partial charge in [-0.15, -0.1) is 11.3 Å². The molecular weight excluding hydrogens is 326 g/mol. The van der Waals surface area contributed by atoms with E-state index in [9.17, 15) is 4.79 Å². The molecule has 0 aliphatic carbocycles. The number of para-hydroxylation sites is 2. The molecule has 1 aromatic heterocycles. The molecule has 2 aromatic rings. The van der Waals surface area contributed by atoms with Gasteiger partial charge >= 0.3 is 6.03 Å². The molecule has 1 atom stereocenters. The van der Waals surface area contributed by atoms with Crippen molar-refractivity contribution < 1.29 is 14.3 Å². The molecule has 1 unspecified atom stereocenters. The molecule has 1 aromatic carbocycles. The number of carbonyl (C=O) groups is 1. The lowest BCUT2D eigenvalue weighted by molar-refractivity contribution is 0.0675. The minimum atomic E-state index is -0.173. The lowest BCUT2D eigenvalue weighted by Gasteiger charge is -2.30. The van der Waals surface area contributed by atoms with Crippen LogP contribution in [0.3, 0.4) is 0 Å². The Bertz CT molecular complexity index is 704. The molecule has 0 saturated heterocycles. The third-order valence-electron chi connectivity index (χ3n) is 3.72. The van der Waals surface area contributed by atoms with Gasteiger partial charge in [0.15, 0.2) is 17.6 Å². The largest absolute Gasteiger partial charge is 0.486 e. The van der Waals surface area contributed by atoms with Crippen molar-refractivity contribution in [1.82, 2.24) is 15.2 Å². The van der Waals surface area contributed by atoms with Gasteiger partial charge in [0.2, 0.25) is 0 Å². The summed E-state index contributed by atoms with van der Waals surface area (Å²) in [5, 5.41) is 5.79. The third kappa shape index (κ3) is 3.97. The SMILES string of the molecule is CCN(CC1COc2ccccc2O1)C(=O)NCc1nc(C)cs1. The normalized spacial score (nSPS) is 15.8. The van der Waals surface area contributed by atoms with Crippen LogP contribution < -0.4 is 14.8 Å². The minimum absolute atomic E-state index is 0.118. The van der Waals surface area contributed by atoms with Crippen LogP contribution in [0.25, 0.3) is 0 Å². The van der Waals surface area contributed by atoms with Crippen LogP contribution in [0, 0.1) is 6.92 Å². The Balaban J connectivity index is 1.53. The summed E-state index contributed by atoms with van der Waals surface area (Å²) in [6.45, 7) is 5.85. The van der Waals surface area contributed by atoms with E-state index in [-0.39, 0.29) is 12.1 Å². The molecule has 0 spiro atoms. The van der Waals surface area contributed by atoms with Crippen molar-refractivity contribution in [2.24, 2.45) is 0 Å². The topological polar surface area (TPSA) is 63.7 Å². The van der Waals surface area contributed by atoms with E-state index >= 15 is 0 Å². The number of aromatic nitrogens is 1. The second-order valence-electron chi connectivity index (χ2n) is 5.58. The van der Waals surface area contributed by atoms with Crippen LogP contribution in [0.2, 0.25) is 0 Å². The number of aryl methyl sites for hydroxylation is 1.